The quantitative estimate of drug-likeness (QED) is 0.867. The average molecular weight is 256 g/mol. The third kappa shape index (κ3) is 3.08. The Bertz CT molecular complexity index is 586. The lowest BCUT2D eigenvalue weighted by atomic mass is 9.96. The van der Waals surface area contributed by atoms with Crippen LogP contribution in [0.1, 0.15) is 42.0 Å². The molecular formula is C17H20O2. The first-order valence-electron chi connectivity index (χ1n) is 6.57. The predicted octanol–water partition coefficient (Wildman–Crippen LogP) is 4.12. The number of phenols is 2. The number of phenolic OH excluding ortho intramolecular Hbond substituents is 2. The Morgan fingerprint density at radius 1 is 0.895 bits per heavy atom. The van der Waals surface area contributed by atoms with Gasteiger partial charge < -0.3 is 10.2 Å². The molecule has 100 valence electrons. The number of hydrogen-bond donors (Lipinski definition) is 2. The monoisotopic (exact) mass is 256 g/mol. The third-order valence-corrected chi connectivity index (χ3v) is 3.38. The maximum absolute atomic E-state index is 9.82. The molecule has 0 bridgehead atoms. The van der Waals surface area contributed by atoms with Crippen LogP contribution in [0, 0.1) is 6.92 Å². The van der Waals surface area contributed by atoms with E-state index >= 15 is 0 Å². The Balaban J connectivity index is 2.28. The molecule has 2 N–H and O–H groups in total. The van der Waals surface area contributed by atoms with E-state index < -0.39 is 0 Å². The first-order valence-corrected chi connectivity index (χ1v) is 6.57. The molecule has 0 atom stereocenters. The normalized spacial score (nSPS) is 10.9. The van der Waals surface area contributed by atoms with Crippen LogP contribution >= 0.6 is 0 Å². The highest BCUT2D eigenvalue weighted by atomic mass is 16.3. The summed E-state index contributed by atoms with van der Waals surface area (Å²) in [5.74, 6) is 1.000. The summed E-state index contributed by atoms with van der Waals surface area (Å²) < 4.78 is 0. The van der Waals surface area contributed by atoms with Crippen LogP contribution < -0.4 is 0 Å². The number of aryl methyl sites for hydroxylation is 1. The molecular weight excluding hydrogens is 236 g/mol. The summed E-state index contributed by atoms with van der Waals surface area (Å²) >= 11 is 0. The third-order valence-electron chi connectivity index (χ3n) is 3.38. The molecule has 0 fully saturated rings. The molecule has 0 aliphatic carbocycles. The van der Waals surface area contributed by atoms with E-state index in [0.717, 1.165) is 23.1 Å². The van der Waals surface area contributed by atoms with Crippen molar-refractivity contribution in [2.24, 2.45) is 0 Å². The van der Waals surface area contributed by atoms with Crippen molar-refractivity contribution in [1.82, 2.24) is 0 Å². The largest absolute Gasteiger partial charge is 0.508 e. The molecule has 0 saturated carbocycles. The van der Waals surface area contributed by atoms with Gasteiger partial charge in [-0.3, -0.25) is 0 Å². The minimum Gasteiger partial charge on any atom is -0.508 e. The van der Waals surface area contributed by atoms with Crippen LogP contribution in [0.4, 0.5) is 0 Å². The lowest BCUT2D eigenvalue weighted by Crippen LogP contribution is -1.94. The van der Waals surface area contributed by atoms with Crippen molar-refractivity contribution in [2.45, 2.75) is 33.1 Å². The van der Waals surface area contributed by atoms with E-state index in [9.17, 15) is 10.2 Å². The molecule has 0 aliphatic rings. The summed E-state index contributed by atoms with van der Waals surface area (Å²) in [6.45, 7) is 6.04. The first-order chi connectivity index (χ1) is 8.97. The molecule has 0 saturated heterocycles. The standard InChI is InChI=1S/C17H20O2/c1-11(2)15-10-14(5-7-17(15)19)9-13-4-6-16(18)12(3)8-13/h4-8,10-11,18-19H,9H2,1-3H3. The summed E-state index contributed by atoms with van der Waals surface area (Å²) in [6, 6.07) is 11.4. The molecule has 0 aliphatic heterocycles. The molecule has 2 rings (SSSR count). The van der Waals surface area contributed by atoms with Crippen LogP contribution in [0.3, 0.4) is 0 Å². The summed E-state index contributed by atoms with van der Waals surface area (Å²) in [6.07, 6.45) is 0.807. The lowest BCUT2D eigenvalue weighted by molar-refractivity contribution is 0.464. The Morgan fingerprint density at radius 3 is 2.05 bits per heavy atom. The second-order valence-electron chi connectivity index (χ2n) is 5.35. The van der Waals surface area contributed by atoms with Crippen molar-refractivity contribution < 1.29 is 10.2 Å². The topological polar surface area (TPSA) is 40.5 Å². The molecule has 0 amide bonds. The number of hydrogen-bond acceptors (Lipinski definition) is 2. The van der Waals surface area contributed by atoms with E-state index in [1.54, 1.807) is 12.1 Å². The van der Waals surface area contributed by atoms with Crippen LogP contribution in [0.25, 0.3) is 0 Å². The number of benzene rings is 2. The van der Waals surface area contributed by atoms with E-state index in [1.165, 1.54) is 5.56 Å². The van der Waals surface area contributed by atoms with Gasteiger partial charge in [-0.1, -0.05) is 38.1 Å². The van der Waals surface area contributed by atoms with E-state index in [-0.39, 0.29) is 0 Å². The van der Waals surface area contributed by atoms with Crippen molar-refractivity contribution in [2.75, 3.05) is 0 Å². The van der Waals surface area contributed by atoms with Crippen LogP contribution in [-0.2, 0) is 6.42 Å². The molecule has 0 heterocycles. The minimum absolute atomic E-state index is 0.307. The molecule has 2 aromatic rings. The van der Waals surface area contributed by atoms with Crippen molar-refractivity contribution in [3.8, 4) is 11.5 Å². The van der Waals surface area contributed by atoms with Gasteiger partial charge in [0.1, 0.15) is 11.5 Å². The Labute approximate surface area is 114 Å². The maximum Gasteiger partial charge on any atom is 0.119 e. The zero-order valence-electron chi connectivity index (χ0n) is 11.6. The van der Waals surface area contributed by atoms with Crippen LogP contribution in [-0.4, -0.2) is 10.2 Å². The minimum atomic E-state index is 0.307. The Kier molecular flexibility index (Phi) is 3.79. The Hall–Kier alpha value is -1.96. The molecule has 0 radical (unpaired) electrons. The van der Waals surface area contributed by atoms with Gasteiger partial charge in [0.25, 0.3) is 0 Å². The fourth-order valence-corrected chi connectivity index (χ4v) is 2.24. The van der Waals surface area contributed by atoms with Crippen molar-refractivity contribution in [1.29, 1.82) is 0 Å². The second-order valence-corrected chi connectivity index (χ2v) is 5.35. The van der Waals surface area contributed by atoms with Crippen LogP contribution in [0.5, 0.6) is 11.5 Å². The van der Waals surface area contributed by atoms with Crippen molar-refractivity contribution in [3.63, 3.8) is 0 Å². The predicted molar refractivity (Wildman–Crippen MR) is 77.8 cm³/mol. The van der Waals surface area contributed by atoms with Gasteiger partial charge in [-0.15, -0.1) is 0 Å². The number of aromatic hydroxyl groups is 2. The van der Waals surface area contributed by atoms with Gasteiger partial charge in [-0.2, -0.15) is 0 Å². The molecule has 0 unspecified atom stereocenters. The molecule has 0 spiro atoms. The van der Waals surface area contributed by atoms with Crippen molar-refractivity contribution in [3.05, 3.63) is 58.7 Å². The fraction of sp³-hybridized carbons (Fsp3) is 0.294. The molecule has 19 heavy (non-hydrogen) atoms. The van der Waals surface area contributed by atoms with Gasteiger partial charge >= 0.3 is 0 Å². The van der Waals surface area contributed by atoms with E-state index in [0.29, 0.717) is 17.4 Å². The van der Waals surface area contributed by atoms with Crippen molar-refractivity contribution >= 4 is 0 Å². The highest BCUT2D eigenvalue weighted by Crippen LogP contribution is 2.27. The molecule has 2 aromatic carbocycles. The first kappa shape index (κ1) is 13.5. The van der Waals surface area contributed by atoms with E-state index in [1.807, 2.05) is 25.1 Å². The fourth-order valence-electron chi connectivity index (χ4n) is 2.24. The van der Waals surface area contributed by atoms with Gasteiger partial charge in [0.05, 0.1) is 0 Å². The molecule has 2 heteroatoms. The van der Waals surface area contributed by atoms with Crippen LogP contribution in [0.2, 0.25) is 0 Å². The number of rotatable bonds is 3. The van der Waals surface area contributed by atoms with Crippen LogP contribution in [0.15, 0.2) is 36.4 Å². The maximum atomic E-state index is 9.82. The SMILES string of the molecule is Cc1cc(Cc2ccc(O)c(C(C)C)c2)ccc1O. The van der Waals surface area contributed by atoms with E-state index in [4.69, 9.17) is 0 Å². The van der Waals surface area contributed by atoms with Gasteiger partial charge in [-0.25, -0.2) is 0 Å². The summed E-state index contributed by atoms with van der Waals surface area (Å²) in [5.41, 5.74) is 4.20. The van der Waals surface area contributed by atoms with Gasteiger partial charge in [0.15, 0.2) is 0 Å². The summed E-state index contributed by atoms with van der Waals surface area (Å²) in [4.78, 5) is 0. The summed E-state index contributed by atoms with van der Waals surface area (Å²) in [7, 11) is 0. The summed E-state index contributed by atoms with van der Waals surface area (Å²) in [5, 5.41) is 19.3. The lowest BCUT2D eigenvalue weighted by Gasteiger charge is -2.11. The van der Waals surface area contributed by atoms with Gasteiger partial charge in [0.2, 0.25) is 0 Å². The zero-order chi connectivity index (χ0) is 14.0. The van der Waals surface area contributed by atoms with Gasteiger partial charge in [0, 0.05) is 0 Å². The second kappa shape index (κ2) is 5.35. The molecule has 2 nitrogen and oxygen atoms in total. The molecule has 0 aromatic heterocycles. The average Bonchev–Trinajstić information content (AvgIpc) is 2.36. The Morgan fingerprint density at radius 2 is 1.47 bits per heavy atom. The van der Waals surface area contributed by atoms with E-state index in [2.05, 4.69) is 19.9 Å². The zero-order valence-corrected chi connectivity index (χ0v) is 11.6. The highest BCUT2D eigenvalue weighted by Gasteiger charge is 2.07. The van der Waals surface area contributed by atoms with Gasteiger partial charge in [-0.05, 0) is 53.6 Å². The smallest absolute Gasteiger partial charge is 0.119 e. The highest BCUT2D eigenvalue weighted by molar-refractivity contribution is 5.41.